The van der Waals surface area contributed by atoms with E-state index >= 15 is 0 Å². The molecule has 0 spiro atoms. The number of Topliss-reactive ketones (excluding diaryl/α,β-unsaturated/α-hetero) is 5. The second kappa shape index (κ2) is 49.5. The lowest BCUT2D eigenvalue weighted by atomic mass is 9.86. The third-order valence-corrected chi connectivity index (χ3v) is 23.1. The van der Waals surface area contributed by atoms with Gasteiger partial charge < -0.3 is 85.8 Å². The summed E-state index contributed by atoms with van der Waals surface area (Å²) in [5.74, 6) is 3.40. The highest BCUT2D eigenvalue weighted by Gasteiger charge is 2.30. The Morgan fingerprint density at radius 2 is 0.653 bits per heavy atom. The summed E-state index contributed by atoms with van der Waals surface area (Å²) in [6.45, 7) is 33.9. The number of amides is 3. The van der Waals surface area contributed by atoms with Gasteiger partial charge in [-0.3, -0.25) is 43.7 Å². The van der Waals surface area contributed by atoms with Crippen LogP contribution in [0.5, 0.6) is 5.75 Å². The molecule has 37 heteroatoms. The molecule has 0 unspecified atom stereocenters. The smallest absolute Gasteiger partial charge is 0.280 e. The van der Waals surface area contributed by atoms with Crippen LogP contribution in [0.25, 0.3) is 101 Å². The number of carbonyl (C=O) groups excluding carboxylic acids is 8. The minimum Gasteiger partial charge on any atom is -0.492 e. The first kappa shape index (κ1) is 111. The van der Waals surface area contributed by atoms with Crippen LogP contribution in [0, 0.1) is 27.1 Å². The lowest BCUT2D eigenvalue weighted by molar-refractivity contribution is 0.00628. The standard InChI is InChI=1S/C29H36N6O6.C25H24N4O2.C22H27N3O2.C19H24N6O4.C18H19N3O/c1-29(2,3)26(37)21-6-9-23-24(18-21)32-27(31-23)20-4-7-22(8-5-20)30-28(38)25-19-35(34-33-25)10-12-39-14-16-41-17-15-40-13-11-36;1-25(2,3)22(30)17-8-13-20-21(14-17)29-23(28-20)15-6-11-19(12-7-15)27-24(31)16-4-9-18(26)10-5-16;1-22(2,3)20(26)16-8-11-18-19(14-16)24-21(23-18)15-6-9-17(10-7-15)27-13-12-25(4)5;1-19(2,3)16(27)12-4-5-13-14(10-12)21-18(20-13)22-17(28)15-11-25(24-23-15)6-8-29-9-7-26;1-18(2,3)16(22)11-7-8-14-15(10-11)21-17(20-14)12-5-4-6-13(19)9-12/h4-9,18-19,36H,10-17H2,1-3H3,(H,30,38)(H,31,32);4-14H,26H2,1-3H3,(H,27,31)(H,28,29);6-11,14H,12-13H2,1-5H3,(H,23,24);4-5,10-11,26H,6-9H2,1-3H3,(H2,20,21,22,28);4-10H,19H2,1-3H3,(H,20,21). The molecule has 0 aliphatic carbocycles. The highest BCUT2D eigenvalue weighted by atomic mass is 16.5. The predicted octanol–water partition coefficient (Wildman–Crippen LogP) is 18.7. The molecule has 0 saturated heterocycles. The molecule has 7 aromatic heterocycles. The second-order valence-corrected chi connectivity index (χ2v) is 41.1. The van der Waals surface area contributed by atoms with Gasteiger partial charge in [-0.2, -0.15) is 0 Å². The molecule has 14 N–H and O–H groups in total. The van der Waals surface area contributed by atoms with Crippen LogP contribution in [0.1, 0.15) is 187 Å². The van der Waals surface area contributed by atoms with Crippen molar-refractivity contribution in [3.63, 3.8) is 0 Å². The zero-order chi connectivity index (χ0) is 108. The van der Waals surface area contributed by atoms with Crippen molar-refractivity contribution in [3.05, 3.63) is 269 Å². The first-order chi connectivity index (χ1) is 71.3. The largest absolute Gasteiger partial charge is 0.492 e. The maximum absolute atomic E-state index is 12.7. The van der Waals surface area contributed by atoms with Crippen LogP contribution in [0.3, 0.4) is 0 Å². The quantitative estimate of drug-likeness (QED) is 0.00997. The zero-order valence-electron chi connectivity index (χ0n) is 87.5. The molecule has 0 aliphatic rings. The third kappa shape index (κ3) is 30.7. The Hall–Kier alpha value is -16.3. The second-order valence-electron chi connectivity index (χ2n) is 41.1. The predicted molar refractivity (Wildman–Crippen MR) is 582 cm³/mol. The number of aromatic nitrogens is 16. The summed E-state index contributed by atoms with van der Waals surface area (Å²) in [5.41, 5.74) is 27.5. The molecule has 0 fully saturated rings. The molecule has 0 atom stereocenters. The van der Waals surface area contributed by atoms with Crippen LogP contribution in [0.4, 0.5) is 28.7 Å². The molecular formula is C113H130N22O15. The molecule has 37 nitrogen and oxygen atoms in total. The lowest BCUT2D eigenvalue weighted by Gasteiger charge is -2.16. The van der Waals surface area contributed by atoms with Crippen molar-refractivity contribution in [2.24, 2.45) is 27.1 Å². The Bertz CT molecular complexity index is 7570. The SMILES string of the molecule is CC(C)(C)C(=O)c1ccc2nc(-c3ccc(NC(=O)c4ccc(N)cc4)cc3)[nH]c2c1.CC(C)(C)C(=O)c1ccc2nc(-c3ccc(NC(=O)c4cn(CCOCCOCCOCCO)nn4)cc3)[nH]c2c1.CC(C)(C)C(=O)c1ccc2nc(-c3cccc(N)c3)[nH]c2c1.CC(C)(C)C(=O)c1ccc2nc(NC(=O)c3cn(CCOCCO)nn3)[nH]c2c1.CN(C)CCOc1ccc(-c2nc3ccc(C(=O)C(C)(C)C)cc3[nH]2)cc1. The van der Waals surface area contributed by atoms with E-state index in [1.54, 1.807) is 71.5 Å². The molecule has 17 rings (SSSR count). The van der Waals surface area contributed by atoms with Gasteiger partial charge in [0.25, 0.3) is 17.7 Å². The summed E-state index contributed by atoms with van der Waals surface area (Å²) in [7, 11) is 4.04. The van der Waals surface area contributed by atoms with Crippen molar-refractivity contribution in [2.75, 3.05) is 121 Å². The van der Waals surface area contributed by atoms with E-state index in [1.807, 2.05) is 270 Å². The summed E-state index contributed by atoms with van der Waals surface area (Å²) in [5, 5.41) is 41.3. The number of benzene rings is 10. The number of rotatable bonds is 35. The number of ether oxygens (including phenoxy) is 5. The van der Waals surface area contributed by atoms with Crippen LogP contribution in [0.2, 0.25) is 0 Å². The van der Waals surface area contributed by atoms with Gasteiger partial charge in [-0.05, 0) is 214 Å². The summed E-state index contributed by atoms with van der Waals surface area (Å²) in [6.07, 6.45) is 3.07. The van der Waals surface area contributed by atoms with E-state index in [2.05, 4.69) is 91.3 Å². The molecule has 150 heavy (non-hydrogen) atoms. The molecule has 3 amide bonds. The summed E-state index contributed by atoms with van der Waals surface area (Å²) in [4.78, 5) is 141. The molecule has 10 aromatic carbocycles. The maximum atomic E-state index is 12.7. The van der Waals surface area contributed by atoms with E-state index in [-0.39, 0.29) is 77.9 Å². The Kier molecular flexibility index (Phi) is 36.6. The lowest BCUT2D eigenvalue weighted by Crippen LogP contribution is -2.20. The van der Waals surface area contributed by atoms with Crippen molar-refractivity contribution < 1.29 is 72.3 Å². The van der Waals surface area contributed by atoms with Crippen LogP contribution in [-0.4, -0.2) is 235 Å². The van der Waals surface area contributed by atoms with E-state index < -0.39 is 33.0 Å². The van der Waals surface area contributed by atoms with Gasteiger partial charge in [0.05, 0.1) is 147 Å². The number of imidazole rings is 5. The summed E-state index contributed by atoms with van der Waals surface area (Å²) >= 11 is 0. The molecule has 782 valence electrons. The molecule has 0 bridgehead atoms. The number of hydrogen-bond donors (Lipinski definition) is 12. The normalized spacial score (nSPS) is 11.7. The van der Waals surface area contributed by atoms with Gasteiger partial charge >= 0.3 is 0 Å². The fraction of sp³-hybridized carbons (Fsp3) is 0.319. The summed E-state index contributed by atoms with van der Waals surface area (Å²) in [6, 6.07) is 64.3. The maximum Gasteiger partial charge on any atom is 0.280 e. The first-order valence-electron chi connectivity index (χ1n) is 49.1. The molecular weight excluding hydrogens is 1910 g/mol. The van der Waals surface area contributed by atoms with Crippen molar-refractivity contribution in [2.45, 2.75) is 117 Å². The average molecular weight is 2040 g/mol. The Morgan fingerprint density at radius 3 is 1.01 bits per heavy atom. The number of fused-ring (bicyclic) bond motifs is 5. The van der Waals surface area contributed by atoms with Crippen molar-refractivity contribution in [3.8, 4) is 51.3 Å². The van der Waals surface area contributed by atoms with Crippen molar-refractivity contribution >= 4 is 131 Å². The number of aliphatic hydroxyl groups excluding tert-OH is 2. The fourth-order valence-electron chi connectivity index (χ4n) is 15.0. The third-order valence-electron chi connectivity index (χ3n) is 23.1. The van der Waals surface area contributed by atoms with E-state index in [4.69, 9.17) is 45.4 Å². The van der Waals surface area contributed by atoms with Crippen LogP contribution in [-0.2, 0) is 32.0 Å². The topological polar surface area (TPSA) is 519 Å². The average Bonchev–Trinajstić information content (AvgIpc) is 1.66. The fourth-order valence-corrected chi connectivity index (χ4v) is 15.0. The van der Waals surface area contributed by atoms with E-state index in [1.165, 1.54) is 10.9 Å². The van der Waals surface area contributed by atoms with E-state index in [9.17, 15) is 38.4 Å². The summed E-state index contributed by atoms with van der Waals surface area (Å²) < 4.78 is 29.9. The highest BCUT2D eigenvalue weighted by molar-refractivity contribution is 6.08. The number of ketones is 5. The van der Waals surface area contributed by atoms with Gasteiger partial charge in [0.1, 0.15) is 35.7 Å². The number of nitrogens with one attached hydrogen (secondary N) is 8. The molecule has 0 aliphatic heterocycles. The minimum atomic E-state index is -0.486. The number of hydrogen-bond acceptors (Lipinski definition) is 27. The number of nitrogens with two attached hydrogens (primary N) is 2. The number of nitrogen functional groups attached to an aromatic ring is 2. The Morgan fingerprint density at radius 1 is 0.333 bits per heavy atom. The van der Waals surface area contributed by atoms with Gasteiger partial charge in [0.15, 0.2) is 40.3 Å². The zero-order valence-corrected chi connectivity index (χ0v) is 87.5. The van der Waals surface area contributed by atoms with Crippen LogP contribution >= 0.6 is 0 Å². The molecule has 0 radical (unpaired) electrons. The number of nitrogens with zero attached hydrogens (tertiary/aromatic N) is 12. The molecule has 17 aromatic rings. The number of likely N-dealkylation sites (N-methyl/N-ethyl adjacent to an activating group) is 1. The Balaban J connectivity index is 0.000000158. The number of aromatic amines is 5. The van der Waals surface area contributed by atoms with Gasteiger partial charge in [0, 0.05) is 112 Å². The molecule has 0 saturated carbocycles. The molecule has 7 heterocycles. The number of H-pyrrole nitrogens is 5. The number of carbonyl (C=O) groups is 8. The van der Waals surface area contributed by atoms with Crippen molar-refractivity contribution in [1.82, 2.24) is 84.7 Å². The Labute approximate surface area is 868 Å². The number of anilines is 5. The van der Waals surface area contributed by atoms with E-state index in [0.717, 1.165) is 90.3 Å². The number of aliphatic hydroxyl groups is 2. The van der Waals surface area contributed by atoms with Gasteiger partial charge in [-0.15, -0.1) is 10.2 Å². The first-order valence-corrected chi connectivity index (χ1v) is 49.1. The highest BCUT2D eigenvalue weighted by Crippen LogP contribution is 2.34. The van der Waals surface area contributed by atoms with Crippen LogP contribution in [0.15, 0.2) is 225 Å². The van der Waals surface area contributed by atoms with E-state index in [0.29, 0.717) is 145 Å². The van der Waals surface area contributed by atoms with Gasteiger partial charge in [-0.25, -0.2) is 34.3 Å². The van der Waals surface area contributed by atoms with Gasteiger partial charge in [-0.1, -0.05) is 126 Å². The monoisotopic (exact) mass is 2040 g/mol. The van der Waals surface area contributed by atoms with Crippen molar-refractivity contribution in [1.29, 1.82) is 0 Å². The minimum absolute atomic E-state index is 0.00260. The van der Waals surface area contributed by atoms with Gasteiger partial charge in [0.2, 0.25) is 5.95 Å². The van der Waals surface area contributed by atoms with Crippen LogP contribution < -0.4 is 32.2 Å².